The van der Waals surface area contributed by atoms with Crippen molar-refractivity contribution in [3.05, 3.63) is 47.7 Å². The molecule has 2 heterocycles. The number of nitrogens with zero attached hydrogens (tertiary/aromatic N) is 2. The van der Waals surface area contributed by atoms with Crippen LogP contribution in [-0.4, -0.2) is 16.8 Å². The first-order valence-corrected chi connectivity index (χ1v) is 7.24. The molecule has 5 nitrogen and oxygen atoms in total. The smallest absolute Gasteiger partial charge is 0.387 e. The molecule has 0 aliphatic carbocycles. The molecular weight excluding hydrogens is 312 g/mol. The first kappa shape index (κ1) is 14.5. The molecule has 1 aromatic carbocycles. The van der Waals surface area contributed by atoms with E-state index in [4.69, 9.17) is 4.52 Å². The van der Waals surface area contributed by atoms with Crippen LogP contribution in [0.4, 0.5) is 14.5 Å². The average Bonchev–Trinajstić information content (AvgIpc) is 3.17. The number of thiophene rings is 1. The van der Waals surface area contributed by atoms with E-state index < -0.39 is 6.61 Å². The van der Waals surface area contributed by atoms with Crippen molar-refractivity contribution in [2.45, 2.75) is 13.2 Å². The number of hydrogen-bond acceptors (Lipinski definition) is 6. The van der Waals surface area contributed by atoms with Crippen molar-refractivity contribution in [3.8, 4) is 16.5 Å². The Morgan fingerprint density at radius 2 is 2.09 bits per heavy atom. The SMILES string of the molecule is FC(F)Oc1ccccc1NCc1nc(-c2cccs2)no1. The molecule has 3 rings (SSSR count). The molecule has 0 aliphatic rings. The zero-order valence-electron chi connectivity index (χ0n) is 11.2. The van der Waals surface area contributed by atoms with Gasteiger partial charge >= 0.3 is 6.61 Å². The quantitative estimate of drug-likeness (QED) is 0.742. The van der Waals surface area contributed by atoms with E-state index >= 15 is 0 Å². The van der Waals surface area contributed by atoms with Crippen LogP contribution in [0.15, 0.2) is 46.3 Å². The molecular formula is C14H11F2N3O2S. The fraction of sp³-hybridized carbons (Fsp3) is 0.143. The van der Waals surface area contributed by atoms with Crippen LogP contribution in [-0.2, 0) is 6.54 Å². The molecule has 0 aliphatic heterocycles. The Balaban J connectivity index is 1.68. The third kappa shape index (κ3) is 3.40. The van der Waals surface area contributed by atoms with E-state index in [1.54, 1.807) is 18.2 Å². The van der Waals surface area contributed by atoms with Gasteiger partial charge in [-0.3, -0.25) is 0 Å². The topological polar surface area (TPSA) is 60.2 Å². The first-order valence-electron chi connectivity index (χ1n) is 6.36. The molecule has 0 amide bonds. The van der Waals surface area contributed by atoms with Crippen molar-refractivity contribution in [1.82, 2.24) is 10.1 Å². The summed E-state index contributed by atoms with van der Waals surface area (Å²) in [4.78, 5) is 5.14. The van der Waals surface area contributed by atoms with Crippen LogP contribution in [0.25, 0.3) is 10.7 Å². The second-order valence-electron chi connectivity index (χ2n) is 4.22. The predicted octanol–water partition coefficient (Wildman–Crippen LogP) is 4.01. The van der Waals surface area contributed by atoms with E-state index in [9.17, 15) is 8.78 Å². The molecule has 0 saturated carbocycles. The van der Waals surface area contributed by atoms with Gasteiger partial charge in [0.05, 0.1) is 17.1 Å². The van der Waals surface area contributed by atoms with Gasteiger partial charge in [0.1, 0.15) is 5.75 Å². The third-order valence-corrected chi connectivity index (χ3v) is 3.61. The second-order valence-corrected chi connectivity index (χ2v) is 5.16. The van der Waals surface area contributed by atoms with Gasteiger partial charge in [0.25, 0.3) is 0 Å². The van der Waals surface area contributed by atoms with Crippen LogP contribution in [0.5, 0.6) is 5.75 Å². The number of aromatic nitrogens is 2. The van der Waals surface area contributed by atoms with E-state index in [0.717, 1.165) is 4.88 Å². The number of halogens is 2. The van der Waals surface area contributed by atoms with Gasteiger partial charge in [0, 0.05) is 0 Å². The van der Waals surface area contributed by atoms with Crippen LogP contribution in [0.2, 0.25) is 0 Å². The lowest BCUT2D eigenvalue weighted by molar-refractivity contribution is -0.0493. The lowest BCUT2D eigenvalue weighted by Crippen LogP contribution is -2.06. The van der Waals surface area contributed by atoms with Crippen molar-refractivity contribution >= 4 is 17.0 Å². The molecule has 22 heavy (non-hydrogen) atoms. The minimum Gasteiger partial charge on any atom is -0.433 e. The van der Waals surface area contributed by atoms with Crippen molar-refractivity contribution < 1.29 is 18.0 Å². The monoisotopic (exact) mass is 323 g/mol. The molecule has 0 bridgehead atoms. The Labute approximate surface area is 128 Å². The van der Waals surface area contributed by atoms with Crippen LogP contribution < -0.4 is 10.1 Å². The summed E-state index contributed by atoms with van der Waals surface area (Å²) >= 11 is 1.50. The zero-order valence-corrected chi connectivity index (χ0v) is 12.0. The van der Waals surface area contributed by atoms with Gasteiger partial charge in [-0.25, -0.2) is 0 Å². The van der Waals surface area contributed by atoms with Crippen molar-refractivity contribution in [1.29, 1.82) is 0 Å². The molecule has 2 aromatic heterocycles. The van der Waals surface area contributed by atoms with E-state index in [2.05, 4.69) is 20.2 Å². The van der Waals surface area contributed by atoms with Gasteiger partial charge < -0.3 is 14.6 Å². The summed E-state index contributed by atoms with van der Waals surface area (Å²) in [6.45, 7) is -2.67. The number of nitrogens with one attached hydrogen (secondary N) is 1. The Bertz CT molecular complexity index is 731. The highest BCUT2D eigenvalue weighted by Gasteiger charge is 2.12. The Morgan fingerprint density at radius 3 is 2.86 bits per heavy atom. The highest BCUT2D eigenvalue weighted by atomic mass is 32.1. The highest BCUT2D eigenvalue weighted by Crippen LogP contribution is 2.26. The molecule has 3 aromatic rings. The first-order chi connectivity index (χ1) is 10.7. The summed E-state index contributed by atoms with van der Waals surface area (Å²) < 4.78 is 34.2. The summed E-state index contributed by atoms with van der Waals surface area (Å²) in [6.07, 6.45) is 0. The van der Waals surface area contributed by atoms with Crippen LogP contribution in [0.1, 0.15) is 5.89 Å². The van der Waals surface area contributed by atoms with Crippen LogP contribution >= 0.6 is 11.3 Å². The molecule has 0 saturated heterocycles. The maximum absolute atomic E-state index is 12.3. The van der Waals surface area contributed by atoms with Crippen molar-refractivity contribution in [3.63, 3.8) is 0 Å². The van der Waals surface area contributed by atoms with Gasteiger partial charge in [-0.2, -0.15) is 13.8 Å². The van der Waals surface area contributed by atoms with Crippen molar-refractivity contribution in [2.24, 2.45) is 0 Å². The molecule has 0 radical (unpaired) electrons. The number of benzene rings is 1. The normalized spacial score (nSPS) is 10.9. The summed E-state index contributed by atoms with van der Waals surface area (Å²) in [5.74, 6) is 0.926. The van der Waals surface area contributed by atoms with Crippen LogP contribution in [0.3, 0.4) is 0 Å². The van der Waals surface area contributed by atoms with Gasteiger partial charge in [0.2, 0.25) is 11.7 Å². The Hall–Kier alpha value is -2.48. The van der Waals surface area contributed by atoms with Crippen LogP contribution in [0, 0.1) is 0 Å². The number of hydrogen-bond donors (Lipinski definition) is 1. The number of rotatable bonds is 6. The molecule has 0 spiro atoms. The fourth-order valence-corrected chi connectivity index (χ4v) is 2.46. The lowest BCUT2D eigenvalue weighted by atomic mass is 10.3. The fourth-order valence-electron chi connectivity index (χ4n) is 1.81. The molecule has 8 heteroatoms. The number of ether oxygens (including phenoxy) is 1. The minimum atomic E-state index is -2.88. The minimum absolute atomic E-state index is 0.0653. The van der Waals surface area contributed by atoms with Gasteiger partial charge in [-0.05, 0) is 23.6 Å². The second kappa shape index (κ2) is 6.52. The summed E-state index contributed by atoms with van der Waals surface area (Å²) in [6, 6.07) is 10.2. The summed E-state index contributed by atoms with van der Waals surface area (Å²) in [7, 11) is 0. The maximum atomic E-state index is 12.3. The van der Waals surface area contributed by atoms with E-state index in [1.807, 2.05) is 17.5 Å². The number of anilines is 1. The largest absolute Gasteiger partial charge is 0.433 e. The number of alkyl halides is 2. The molecule has 0 unspecified atom stereocenters. The Kier molecular flexibility index (Phi) is 4.29. The van der Waals surface area contributed by atoms with Gasteiger partial charge in [-0.15, -0.1) is 11.3 Å². The highest BCUT2D eigenvalue weighted by molar-refractivity contribution is 7.13. The Morgan fingerprint density at radius 1 is 1.23 bits per heavy atom. The standard InChI is InChI=1S/C14H11F2N3O2S/c15-14(16)20-10-5-2-1-4-9(10)17-8-12-18-13(19-21-12)11-6-3-7-22-11/h1-7,14,17H,8H2. The van der Waals surface area contributed by atoms with E-state index in [-0.39, 0.29) is 12.3 Å². The lowest BCUT2D eigenvalue weighted by Gasteiger charge is -2.10. The van der Waals surface area contributed by atoms with Crippen molar-refractivity contribution in [2.75, 3.05) is 5.32 Å². The molecule has 0 atom stereocenters. The van der Waals surface area contributed by atoms with E-state index in [0.29, 0.717) is 17.4 Å². The molecule has 114 valence electrons. The zero-order chi connectivity index (χ0) is 15.4. The predicted molar refractivity (Wildman–Crippen MR) is 78.0 cm³/mol. The average molecular weight is 323 g/mol. The maximum Gasteiger partial charge on any atom is 0.387 e. The summed E-state index contributed by atoms with van der Waals surface area (Å²) in [5, 5.41) is 8.74. The molecule has 0 fully saturated rings. The van der Waals surface area contributed by atoms with E-state index in [1.165, 1.54) is 17.4 Å². The van der Waals surface area contributed by atoms with Gasteiger partial charge in [0.15, 0.2) is 0 Å². The summed E-state index contributed by atoms with van der Waals surface area (Å²) in [5.41, 5.74) is 0.429. The molecule has 1 N–H and O–H groups in total. The van der Waals surface area contributed by atoms with Gasteiger partial charge in [-0.1, -0.05) is 23.4 Å². The number of para-hydroxylation sites is 2. The third-order valence-electron chi connectivity index (χ3n) is 2.74.